The number of hydrogen-bond donors (Lipinski definition) is 1. The first-order valence-corrected chi connectivity index (χ1v) is 11.7. The minimum absolute atomic E-state index is 0.0638. The van der Waals surface area contributed by atoms with Crippen molar-refractivity contribution in [3.63, 3.8) is 0 Å². The summed E-state index contributed by atoms with van der Waals surface area (Å²) in [7, 11) is 0. The lowest BCUT2D eigenvalue weighted by Crippen LogP contribution is -2.46. The average Bonchev–Trinajstić information content (AvgIpc) is 3.41. The van der Waals surface area contributed by atoms with Gasteiger partial charge < -0.3 is 19.7 Å². The van der Waals surface area contributed by atoms with Crippen molar-refractivity contribution >= 4 is 23.5 Å². The fourth-order valence-electron chi connectivity index (χ4n) is 4.74. The number of carbonyl (C=O) groups is 2. The van der Waals surface area contributed by atoms with Crippen molar-refractivity contribution < 1.29 is 9.59 Å². The smallest absolute Gasteiger partial charge is 0.318 e. The Bertz CT molecular complexity index is 960. The van der Waals surface area contributed by atoms with Gasteiger partial charge in [0, 0.05) is 38.1 Å². The first-order valence-electron chi connectivity index (χ1n) is 11.4. The van der Waals surface area contributed by atoms with E-state index in [9.17, 15) is 9.59 Å². The Labute approximate surface area is 193 Å². The van der Waals surface area contributed by atoms with E-state index in [2.05, 4.69) is 20.1 Å². The van der Waals surface area contributed by atoms with Gasteiger partial charge in [-0.2, -0.15) is 0 Å². The summed E-state index contributed by atoms with van der Waals surface area (Å²) in [5.74, 6) is 2.06. The summed E-state index contributed by atoms with van der Waals surface area (Å²) in [6, 6.07) is 7.60. The molecule has 2 aliphatic heterocycles. The number of piperidine rings is 1. The SMILES string of the molecule is CC(=O)N1CCCC(CNC(=O)N2CCCC2c2nnc(C)n2Cc2ccc(Cl)cc2)C1. The van der Waals surface area contributed by atoms with Gasteiger partial charge in [0.05, 0.1) is 12.6 Å². The maximum atomic E-state index is 13.1. The van der Waals surface area contributed by atoms with Crippen molar-refractivity contribution in [2.45, 2.75) is 52.1 Å². The zero-order chi connectivity index (χ0) is 22.7. The lowest BCUT2D eigenvalue weighted by molar-refractivity contribution is -0.130. The summed E-state index contributed by atoms with van der Waals surface area (Å²) < 4.78 is 2.09. The fourth-order valence-corrected chi connectivity index (χ4v) is 4.87. The Morgan fingerprint density at radius 1 is 1.12 bits per heavy atom. The molecule has 9 heteroatoms. The highest BCUT2D eigenvalue weighted by molar-refractivity contribution is 6.30. The normalized spacial score (nSPS) is 21.1. The molecule has 172 valence electrons. The fraction of sp³-hybridized carbons (Fsp3) is 0.565. The largest absolute Gasteiger partial charge is 0.343 e. The van der Waals surface area contributed by atoms with Crippen LogP contribution in [0.25, 0.3) is 0 Å². The Balaban J connectivity index is 1.42. The van der Waals surface area contributed by atoms with Crippen LogP contribution in [-0.2, 0) is 11.3 Å². The first-order chi connectivity index (χ1) is 15.4. The highest BCUT2D eigenvalue weighted by atomic mass is 35.5. The maximum absolute atomic E-state index is 13.1. The van der Waals surface area contributed by atoms with Crippen LogP contribution in [0, 0.1) is 12.8 Å². The second-order valence-electron chi connectivity index (χ2n) is 8.83. The van der Waals surface area contributed by atoms with E-state index in [0.717, 1.165) is 49.4 Å². The quantitative estimate of drug-likeness (QED) is 0.744. The van der Waals surface area contributed by atoms with Crippen LogP contribution in [0.3, 0.4) is 0 Å². The van der Waals surface area contributed by atoms with Crippen LogP contribution in [0.5, 0.6) is 0 Å². The van der Waals surface area contributed by atoms with E-state index in [1.807, 2.05) is 41.0 Å². The molecule has 2 aromatic rings. The number of nitrogens with one attached hydrogen (secondary N) is 1. The number of likely N-dealkylation sites (tertiary alicyclic amines) is 2. The number of rotatable bonds is 5. The van der Waals surface area contributed by atoms with Gasteiger partial charge in [0.1, 0.15) is 5.82 Å². The van der Waals surface area contributed by atoms with Crippen molar-refractivity contribution in [2.75, 3.05) is 26.2 Å². The Kier molecular flexibility index (Phi) is 6.98. The number of hydrogen-bond acceptors (Lipinski definition) is 4. The molecule has 2 saturated heterocycles. The number of urea groups is 1. The van der Waals surface area contributed by atoms with Crippen LogP contribution in [0.2, 0.25) is 5.02 Å². The van der Waals surface area contributed by atoms with E-state index in [0.29, 0.717) is 37.1 Å². The summed E-state index contributed by atoms with van der Waals surface area (Å²) in [5.41, 5.74) is 1.11. The molecule has 2 atom stereocenters. The monoisotopic (exact) mass is 458 g/mol. The molecule has 1 N–H and O–H groups in total. The molecule has 0 saturated carbocycles. The van der Waals surface area contributed by atoms with E-state index < -0.39 is 0 Å². The maximum Gasteiger partial charge on any atom is 0.318 e. The van der Waals surface area contributed by atoms with Gasteiger partial charge in [0.2, 0.25) is 5.91 Å². The molecule has 2 aliphatic rings. The minimum atomic E-state index is -0.0939. The number of aromatic nitrogens is 3. The number of amides is 3. The molecule has 3 heterocycles. The van der Waals surface area contributed by atoms with Crippen LogP contribution in [0.1, 0.15) is 55.9 Å². The summed E-state index contributed by atoms with van der Waals surface area (Å²) in [5, 5.41) is 12.6. The van der Waals surface area contributed by atoms with Crippen molar-refractivity contribution in [1.29, 1.82) is 0 Å². The second kappa shape index (κ2) is 9.90. The Morgan fingerprint density at radius 2 is 1.88 bits per heavy atom. The molecule has 1 aromatic heterocycles. The third-order valence-corrected chi connectivity index (χ3v) is 6.79. The van der Waals surface area contributed by atoms with Gasteiger partial charge in [-0.3, -0.25) is 4.79 Å². The number of aryl methyl sites for hydroxylation is 1. The molecule has 32 heavy (non-hydrogen) atoms. The number of nitrogens with zero attached hydrogens (tertiary/aromatic N) is 5. The zero-order valence-electron chi connectivity index (χ0n) is 18.8. The van der Waals surface area contributed by atoms with Crippen LogP contribution >= 0.6 is 11.6 Å². The van der Waals surface area contributed by atoms with Crippen molar-refractivity contribution in [2.24, 2.45) is 5.92 Å². The van der Waals surface area contributed by atoms with Gasteiger partial charge in [0.15, 0.2) is 5.82 Å². The molecule has 1 aromatic carbocycles. The standard InChI is InChI=1S/C23H31ClN6O2/c1-16-26-27-22(30(16)15-18-7-9-20(24)10-8-18)21-6-4-12-29(21)23(32)25-13-19-5-3-11-28(14-19)17(2)31/h7-10,19,21H,3-6,11-15H2,1-2H3,(H,25,32). The lowest BCUT2D eigenvalue weighted by Gasteiger charge is -2.33. The summed E-state index contributed by atoms with van der Waals surface area (Å²) in [6.45, 7) is 7.01. The first kappa shape index (κ1) is 22.6. The molecule has 2 fully saturated rings. The van der Waals surface area contributed by atoms with Crippen LogP contribution in [0.15, 0.2) is 24.3 Å². The van der Waals surface area contributed by atoms with Crippen LogP contribution in [-0.4, -0.2) is 62.7 Å². The predicted molar refractivity (Wildman–Crippen MR) is 122 cm³/mol. The van der Waals surface area contributed by atoms with Crippen molar-refractivity contribution in [3.8, 4) is 0 Å². The molecule has 0 radical (unpaired) electrons. The Morgan fingerprint density at radius 3 is 2.62 bits per heavy atom. The summed E-state index contributed by atoms with van der Waals surface area (Å²) in [4.78, 5) is 28.5. The van der Waals surface area contributed by atoms with Crippen LogP contribution < -0.4 is 5.32 Å². The van der Waals surface area contributed by atoms with Crippen LogP contribution in [0.4, 0.5) is 4.79 Å². The molecule has 4 rings (SSSR count). The van der Waals surface area contributed by atoms with Crippen molar-refractivity contribution in [1.82, 2.24) is 29.9 Å². The summed E-state index contributed by atoms with van der Waals surface area (Å²) >= 11 is 6.02. The second-order valence-corrected chi connectivity index (χ2v) is 9.27. The third-order valence-electron chi connectivity index (χ3n) is 6.54. The van der Waals surface area contributed by atoms with Gasteiger partial charge in [0.25, 0.3) is 0 Å². The van der Waals surface area contributed by atoms with Gasteiger partial charge in [-0.1, -0.05) is 23.7 Å². The number of benzene rings is 1. The Hall–Kier alpha value is -2.61. The van der Waals surface area contributed by atoms with Gasteiger partial charge in [-0.15, -0.1) is 10.2 Å². The topological polar surface area (TPSA) is 83.4 Å². The lowest BCUT2D eigenvalue weighted by atomic mass is 9.98. The predicted octanol–water partition coefficient (Wildman–Crippen LogP) is 3.39. The molecular weight excluding hydrogens is 428 g/mol. The molecule has 0 spiro atoms. The summed E-state index contributed by atoms with van der Waals surface area (Å²) in [6.07, 6.45) is 3.82. The highest BCUT2D eigenvalue weighted by Gasteiger charge is 2.34. The molecular formula is C23H31ClN6O2. The van der Waals surface area contributed by atoms with Gasteiger partial charge in [-0.05, 0) is 56.2 Å². The minimum Gasteiger partial charge on any atom is -0.343 e. The molecule has 0 bridgehead atoms. The number of halogens is 1. The highest BCUT2D eigenvalue weighted by Crippen LogP contribution is 2.31. The van der Waals surface area contributed by atoms with E-state index in [-0.39, 0.29) is 18.0 Å². The molecule has 8 nitrogen and oxygen atoms in total. The van der Waals surface area contributed by atoms with E-state index in [1.165, 1.54) is 0 Å². The van der Waals surface area contributed by atoms with E-state index >= 15 is 0 Å². The zero-order valence-corrected chi connectivity index (χ0v) is 19.5. The van der Waals surface area contributed by atoms with E-state index in [4.69, 9.17) is 11.6 Å². The van der Waals surface area contributed by atoms with Gasteiger partial charge >= 0.3 is 6.03 Å². The van der Waals surface area contributed by atoms with E-state index in [1.54, 1.807) is 6.92 Å². The molecule has 3 amide bonds. The molecule has 2 unspecified atom stereocenters. The average molecular weight is 459 g/mol. The number of carbonyl (C=O) groups excluding carboxylic acids is 2. The van der Waals surface area contributed by atoms with Gasteiger partial charge in [-0.25, -0.2) is 4.79 Å². The van der Waals surface area contributed by atoms with Crippen molar-refractivity contribution in [3.05, 3.63) is 46.5 Å². The third kappa shape index (κ3) is 5.06. The molecule has 0 aliphatic carbocycles.